The molecule has 0 unspecified atom stereocenters. The van der Waals surface area contributed by atoms with E-state index < -0.39 is 16.1 Å². The fourth-order valence-electron chi connectivity index (χ4n) is 3.45. The van der Waals surface area contributed by atoms with Crippen LogP contribution in [0.25, 0.3) is 0 Å². The normalized spacial score (nSPS) is 21.4. The number of carbonyl (C=O) groups is 1. The van der Waals surface area contributed by atoms with Crippen molar-refractivity contribution in [2.45, 2.75) is 56.5 Å². The predicted octanol–water partition coefficient (Wildman–Crippen LogP) is 1.92. The molecule has 1 saturated heterocycles. The third kappa shape index (κ3) is 3.81. The molecular weight excluding hydrogens is 356 g/mol. The van der Waals surface area contributed by atoms with Crippen molar-refractivity contribution in [1.82, 2.24) is 9.62 Å². The SMILES string of the molecule is CCC[C@@H](C)NC(=O)[C@H]1CCCN1S(=O)(=O)c1ccc2c(c1)OCCO2. The van der Waals surface area contributed by atoms with Gasteiger partial charge in [0.05, 0.1) is 4.90 Å². The molecule has 1 fully saturated rings. The molecule has 0 saturated carbocycles. The summed E-state index contributed by atoms with van der Waals surface area (Å²) in [5.41, 5.74) is 0. The molecule has 26 heavy (non-hydrogen) atoms. The first-order valence-corrected chi connectivity index (χ1v) is 10.6. The maximum Gasteiger partial charge on any atom is 0.243 e. The second kappa shape index (κ2) is 7.84. The van der Waals surface area contributed by atoms with E-state index in [1.807, 2.05) is 6.92 Å². The quantitative estimate of drug-likeness (QED) is 0.812. The summed E-state index contributed by atoms with van der Waals surface area (Å²) in [5, 5.41) is 2.94. The van der Waals surface area contributed by atoms with Gasteiger partial charge in [-0.25, -0.2) is 8.42 Å². The van der Waals surface area contributed by atoms with E-state index in [4.69, 9.17) is 9.47 Å². The Balaban J connectivity index is 1.80. The molecule has 2 aliphatic heterocycles. The molecule has 0 aromatic heterocycles. The zero-order valence-corrected chi connectivity index (χ0v) is 16.0. The monoisotopic (exact) mass is 382 g/mol. The van der Waals surface area contributed by atoms with Crippen molar-refractivity contribution in [1.29, 1.82) is 0 Å². The van der Waals surface area contributed by atoms with Crippen molar-refractivity contribution >= 4 is 15.9 Å². The van der Waals surface area contributed by atoms with E-state index in [1.54, 1.807) is 6.07 Å². The molecule has 7 nitrogen and oxygen atoms in total. The molecule has 1 aromatic rings. The molecule has 3 rings (SSSR count). The average molecular weight is 382 g/mol. The second-order valence-corrected chi connectivity index (χ2v) is 8.67. The topological polar surface area (TPSA) is 84.9 Å². The molecule has 0 radical (unpaired) electrons. The molecule has 0 spiro atoms. The molecule has 1 N–H and O–H groups in total. The molecule has 8 heteroatoms. The zero-order chi connectivity index (χ0) is 18.7. The molecule has 0 bridgehead atoms. The lowest BCUT2D eigenvalue weighted by molar-refractivity contribution is -0.124. The van der Waals surface area contributed by atoms with Crippen molar-refractivity contribution in [3.05, 3.63) is 18.2 Å². The third-order valence-corrected chi connectivity index (χ3v) is 6.64. The largest absolute Gasteiger partial charge is 0.486 e. The highest BCUT2D eigenvalue weighted by Crippen LogP contribution is 2.34. The van der Waals surface area contributed by atoms with Crippen LogP contribution in [0.3, 0.4) is 0 Å². The third-order valence-electron chi connectivity index (χ3n) is 4.74. The summed E-state index contributed by atoms with van der Waals surface area (Å²) in [7, 11) is -3.78. The first-order valence-electron chi connectivity index (χ1n) is 9.15. The average Bonchev–Trinajstić information content (AvgIpc) is 3.12. The van der Waals surface area contributed by atoms with Crippen molar-refractivity contribution in [3.8, 4) is 11.5 Å². The van der Waals surface area contributed by atoms with Gasteiger partial charge in [0.1, 0.15) is 19.3 Å². The fourth-order valence-corrected chi connectivity index (χ4v) is 5.13. The van der Waals surface area contributed by atoms with E-state index in [2.05, 4.69) is 12.2 Å². The Bertz CT molecular complexity index is 765. The maximum atomic E-state index is 13.1. The Labute approximate surface area is 154 Å². The molecule has 0 aliphatic carbocycles. The number of carbonyl (C=O) groups excluding carboxylic acids is 1. The van der Waals surface area contributed by atoms with E-state index in [9.17, 15) is 13.2 Å². The van der Waals surface area contributed by atoms with Crippen LogP contribution in [0.5, 0.6) is 11.5 Å². The number of nitrogens with zero attached hydrogens (tertiary/aromatic N) is 1. The fraction of sp³-hybridized carbons (Fsp3) is 0.611. The number of hydrogen-bond acceptors (Lipinski definition) is 5. The Morgan fingerprint density at radius 2 is 2.04 bits per heavy atom. The molecule has 2 heterocycles. The summed E-state index contributed by atoms with van der Waals surface area (Å²) in [5.74, 6) is 0.748. The zero-order valence-electron chi connectivity index (χ0n) is 15.2. The van der Waals surface area contributed by atoms with E-state index in [-0.39, 0.29) is 16.8 Å². The summed E-state index contributed by atoms with van der Waals surface area (Å²) < 4.78 is 38.4. The Hall–Kier alpha value is -1.80. The van der Waals surface area contributed by atoms with Gasteiger partial charge in [0.25, 0.3) is 0 Å². The van der Waals surface area contributed by atoms with Gasteiger partial charge in [0.15, 0.2) is 11.5 Å². The first-order chi connectivity index (χ1) is 12.4. The highest BCUT2D eigenvalue weighted by atomic mass is 32.2. The van der Waals surface area contributed by atoms with Crippen molar-refractivity contribution in [3.63, 3.8) is 0 Å². The lowest BCUT2D eigenvalue weighted by atomic mass is 10.1. The summed E-state index contributed by atoms with van der Waals surface area (Å²) >= 11 is 0. The van der Waals surface area contributed by atoms with Crippen LogP contribution in [0.1, 0.15) is 39.5 Å². The van der Waals surface area contributed by atoms with Gasteiger partial charge in [-0.3, -0.25) is 4.79 Å². The number of nitrogens with one attached hydrogen (secondary N) is 1. The minimum atomic E-state index is -3.78. The van der Waals surface area contributed by atoms with Crippen molar-refractivity contribution < 1.29 is 22.7 Å². The van der Waals surface area contributed by atoms with Crippen LogP contribution in [0.15, 0.2) is 23.1 Å². The van der Waals surface area contributed by atoms with Crippen LogP contribution in [-0.2, 0) is 14.8 Å². The van der Waals surface area contributed by atoms with Gasteiger partial charge in [0, 0.05) is 18.7 Å². The molecule has 2 aliphatic rings. The van der Waals surface area contributed by atoms with Gasteiger partial charge in [-0.15, -0.1) is 0 Å². The van der Waals surface area contributed by atoms with E-state index in [0.29, 0.717) is 44.1 Å². The Kier molecular flexibility index (Phi) is 5.72. The van der Waals surface area contributed by atoms with E-state index in [0.717, 1.165) is 12.8 Å². The number of ether oxygens (including phenoxy) is 2. The van der Waals surface area contributed by atoms with Crippen LogP contribution < -0.4 is 14.8 Å². The van der Waals surface area contributed by atoms with Crippen LogP contribution in [0.2, 0.25) is 0 Å². The minimum absolute atomic E-state index is 0.0342. The first kappa shape index (κ1) is 19.0. The van der Waals surface area contributed by atoms with Gasteiger partial charge in [-0.05, 0) is 38.3 Å². The summed E-state index contributed by atoms with van der Waals surface area (Å²) in [4.78, 5) is 12.7. The van der Waals surface area contributed by atoms with Gasteiger partial charge >= 0.3 is 0 Å². The Morgan fingerprint density at radius 1 is 1.31 bits per heavy atom. The number of amides is 1. The summed E-state index contributed by atoms with van der Waals surface area (Å²) in [6, 6.07) is 3.97. The molecule has 1 amide bonds. The van der Waals surface area contributed by atoms with Crippen LogP contribution in [0.4, 0.5) is 0 Å². The summed E-state index contributed by atoms with van der Waals surface area (Å²) in [6.07, 6.45) is 3.04. The van der Waals surface area contributed by atoms with Gasteiger partial charge in [-0.1, -0.05) is 13.3 Å². The second-order valence-electron chi connectivity index (χ2n) is 6.78. The van der Waals surface area contributed by atoms with Gasteiger partial charge in [0.2, 0.25) is 15.9 Å². The standard InChI is InChI=1S/C18H26N2O5S/c1-3-5-13(2)19-18(21)15-6-4-9-20(15)26(22,23)14-7-8-16-17(12-14)25-11-10-24-16/h7-8,12-13,15H,3-6,9-11H2,1-2H3,(H,19,21)/t13-,15-/m1/s1. The number of hydrogen-bond donors (Lipinski definition) is 1. The van der Waals surface area contributed by atoms with Crippen LogP contribution >= 0.6 is 0 Å². The maximum absolute atomic E-state index is 13.1. The lowest BCUT2D eigenvalue weighted by Crippen LogP contribution is -2.48. The Morgan fingerprint density at radius 3 is 2.77 bits per heavy atom. The molecule has 144 valence electrons. The smallest absolute Gasteiger partial charge is 0.243 e. The van der Waals surface area contributed by atoms with Crippen molar-refractivity contribution in [2.24, 2.45) is 0 Å². The molecule has 2 atom stereocenters. The summed E-state index contributed by atoms with van der Waals surface area (Å²) in [6.45, 7) is 5.17. The number of fused-ring (bicyclic) bond motifs is 1. The van der Waals surface area contributed by atoms with E-state index >= 15 is 0 Å². The van der Waals surface area contributed by atoms with E-state index in [1.165, 1.54) is 16.4 Å². The lowest BCUT2D eigenvalue weighted by Gasteiger charge is -2.26. The number of sulfonamides is 1. The van der Waals surface area contributed by atoms with Gasteiger partial charge < -0.3 is 14.8 Å². The number of rotatable bonds is 6. The van der Waals surface area contributed by atoms with Crippen molar-refractivity contribution in [2.75, 3.05) is 19.8 Å². The minimum Gasteiger partial charge on any atom is -0.486 e. The van der Waals surface area contributed by atoms with Crippen LogP contribution in [0, 0.1) is 0 Å². The number of benzene rings is 1. The highest BCUT2D eigenvalue weighted by Gasteiger charge is 2.40. The van der Waals surface area contributed by atoms with Crippen LogP contribution in [-0.4, -0.2) is 50.5 Å². The highest BCUT2D eigenvalue weighted by molar-refractivity contribution is 7.89. The molecular formula is C18H26N2O5S. The predicted molar refractivity (Wildman–Crippen MR) is 96.9 cm³/mol. The molecule has 1 aromatic carbocycles. The van der Waals surface area contributed by atoms with Gasteiger partial charge in [-0.2, -0.15) is 4.31 Å².